The van der Waals surface area contributed by atoms with Crippen molar-refractivity contribution < 1.29 is 23.1 Å². The van der Waals surface area contributed by atoms with Gasteiger partial charge in [0.25, 0.3) is 0 Å². The number of carbonyl (C=O) groups excluding carboxylic acids is 1. The summed E-state index contributed by atoms with van der Waals surface area (Å²) >= 11 is 1.06. The fourth-order valence-electron chi connectivity index (χ4n) is 3.48. The van der Waals surface area contributed by atoms with E-state index in [1.165, 1.54) is 12.1 Å². The van der Waals surface area contributed by atoms with Gasteiger partial charge in [-0.1, -0.05) is 37.1 Å². The molecule has 1 aromatic carbocycles. The highest BCUT2D eigenvalue weighted by atomic mass is 32.2. The van der Waals surface area contributed by atoms with Crippen LogP contribution in [0.15, 0.2) is 29.3 Å². The lowest BCUT2D eigenvalue weighted by molar-refractivity contribution is -0.255. The maximum Gasteiger partial charge on any atom is 0.418 e. The number of carboxylic acid groups (broad SMARTS) is 1. The number of rotatable bonds is 4. The first-order chi connectivity index (χ1) is 13.8. The van der Waals surface area contributed by atoms with Crippen molar-refractivity contribution in [2.24, 2.45) is 0 Å². The van der Waals surface area contributed by atoms with E-state index in [9.17, 15) is 28.3 Å². The van der Waals surface area contributed by atoms with E-state index >= 15 is 0 Å². The number of pyridine rings is 1. The normalized spacial score (nSPS) is 14.4. The van der Waals surface area contributed by atoms with Crippen molar-refractivity contribution in [3.63, 3.8) is 0 Å². The second-order valence-electron chi connectivity index (χ2n) is 6.89. The molecule has 0 bridgehead atoms. The summed E-state index contributed by atoms with van der Waals surface area (Å²) in [5.74, 6) is -1.03. The molecule has 0 amide bonds. The van der Waals surface area contributed by atoms with Crippen LogP contribution in [-0.2, 0) is 24.8 Å². The zero-order valence-electron chi connectivity index (χ0n) is 15.5. The van der Waals surface area contributed by atoms with Crippen LogP contribution in [0.5, 0.6) is 0 Å². The quantitative estimate of drug-likeness (QED) is 0.691. The fourth-order valence-corrected chi connectivity index (χ4v) is 4.44. The van der Waals surface area contributed by atoms with Crippen LogP contribution in [0.25, 0.3) is 0 Å². The van der Waals surface area contributed by atoms with Gasteiger partial charge < -0.3 is 9.90 Å². The van der Waals surface area contributed by atoms with E-state index < -0.39 is 23.3 Å². The molecule has 2 aromatic rings. The predicted molar refractivity (Wildman–Crippen MR) is 100 cm³/mol. The maximum absolute atomic E-state index is 13.9. The van der Waals surface area contributed by atoms with E-state index in [2.05, 4.69) is 4.98 Å². The third-order valence-electron chi connectivity index (χ3n) is 4.90. The van der Waals surface area contributed by atoms with Gasteiger partial charge in [0, 0.05) is 11.4 Å². The van der Waals surface area contributed by atoms with Crippen LogP contribution in [0.2, 0.25) is 0 Å². The monoisotopic (exact) mass is 419 g/mol. The third-order valence-corrected chi connectivity index (χ3v) is 5.95. The van der Waals surface area contributed by atoms with Crippen LogP contribution in [0.1, 0.15) is 64.0 Å². The van der Waals surface area contributed by atoms with E-state index in [0.717, 1.165) is 31.0 Å². The first-order valence-electron chi connectivity index (χ1n) is 9.27. The lowest BCUT2D eigenvalue weighted by Gasteiger charge is -2.21. The Morgan fingerprint density at radius 3 is 2.38 bits per heavy atom. The van der Waals surface area contributed by atoms with Crippen molar-refractivity contribution in [1.29, 1.82) is 5.26 Å². The Kier molecular flexibility index (Phi) is 6.48. The number of nitrogens with zero attached hydrogens (tertiary/aromatic N) is 2. The Labute approximate surface area is 170 Å². The molecule has 0 saturated carbocycles. The second-order valence-corrected chi connectivity index (χ2v) is 7.85. The first-order valence-corrected chi connectivity index (χ1v) is 10.3. The Balaban J connectivity index is 1.98. The topological polar surface area (TPSA) is 76.8 Å². The van der Waals surface area contributed by atoms with Crippen molar-refractivity contribution >= 4 is 17.7 Å². The number of aryl methyl sites for hydroxylation is 1. The molecule has 1 aliphatic carbocycles. The number of carboxylic acids is 1. The molecule has 0 unspecified atom stereocenters. The summed E-state index contributed by atoms with van der Waals surface area (Å²) in [4.78, 5) is 15.3. The summed E-state index contributed by atoms with van der Waals surface area (Å²) in [5, 5.41) is 20.4. The molecule has 0 fully saturated rings. The van der Waals surface area contributed by atoms with Crippen molar-refractivity contribution in [3.05, 3.63) is 57.8 Å². The molecule has 0 radical (unpaired) electrons. The average Bonchev–Trinajstić information content (AvgIpc) is 2.65. The van der Waals surface area contributed by atoms with Gasteiger partial charge in [0.15, 0.2) is 0 Å². The summed E-state index contributed by atoms with van der Waals surface area (Å²) in [7, 11) is 0. The molecule has 0 saturated heterocycles. The number of alkyl halides is 3. The zero-order valence-corrected chi connectivity index (χ0v) is 16.3. The lowest BCUT2D eigenvalue weighted by Crippen LogP contribution is -2.21. The van der Waals surface area contributed by atoms with Gasteiger partial charge in [-0.15, -0.1) is 11.8 Å². The number of thioether (sulfide) groups is 1. The summed E-state index contributed by atoms with van der Waals surface area (Å²) < 4.78 is 41.6. The Hall–Kier alpha value is -2.53. The van der Waals surface area contributed by atoms with Crippen LogP contribution in [0.3, 0.4) is 0 Å². The first kappa shape index (κ1) is 21.2. The van der Waals surface area contributed by atoms with Gasteiger partial charge in [-0.05, 0) is 42.4 Å². The molecule has 1 heterocycles. The number of aromatic carboxylic acids is 1. The van der Waals surface area contributed by atoms with E-state index in [4.69, 9.17) is 0 Å². The van der Waals surface area contributed by atoms with E-state index in [1.807, 2.05) is 0 Å². The molecule has 8 heteroatoms. The van der Waals surface area contributed by atoms with Gasteiger partial charge in [-0.3, -0.25) is 0 Å². The van der Waals surface area contributed by atoms with Crippen molar-refractivity contribution in [2.75, 3.05) is 0 Å². The Morgan fingerprint density at radius 2 is 1.79 bits per heavy atom. The predicted octanol–water partition coefficient (Wildman–Crippen LogP) is 4.29. The van der Waals surface area contributed by atoms with Crippen LogP contribution in [0, 0.1) is 11.3 Å². The molecular weight excluding hydrogens is 401 g/mol. The smallest absolute Gasteiger partial charge is 0.418 e. The van der Waals surface area contributed by atoms with Crippen molar-refractivity contribution in [2.45, 2.75) is 55.5 Å². The van der Waals surface area contributed by atoms with Crippen molar-refractivity contribution in [3.8, 4) is 6.07 Å². The number of aromatic nitrogens is 1. The molecule has 1 aromatic heterocycles. The summed E-state index contributed by atoms with van der Waals surface area (Å²) in [6.45, 7) is 0. The molecule has 152 valence electrons. The van der Waals surface area contributed by atoms with Crippen LogP contribution in [-0.4, -0.2) is 11.0 Å². The number of halogens is 3. The number of fused-ring (bicyclic) bond motifs is 1. The standard InChI is InChI=1S/C21H19F3N2O2S/c22-21(23,24)18-15-5-3-1-2-4-6-17(15)26-19(16(18)11-25)29-12-13-7-9-14(10-8-13)20(27)28/h7-10H,1-6,12H2,(H,27,28)/p-1. The lowest BCUT2D eigenvalue weighted by atomic mass is 9.91. The SMILES string of the molecule is N#Cc1c(SCc2ccc(C(=O)[O-])cc2)nc2c(c1C(F)(F)F)CCCCCC2. The van der Waals surface area contributed by atoms with Crippen LogP contribution in [0.4, 0.5) is 13.2 Å². The van der Waals surface area contributed by atoms with Gasteiger partial charge in [0.2, 0.25) is 0 Å². The molecule has 0 atom stereocenters. The third kappa shape index (κ3) is 4.91. The number of carbonyl (C=O) groups is 1. The minimum Gasteiger partial charge on any atom is -0.545 e. The van der Waals surface area contributed by atoms with Gasteiger partial charge in [0.1, 0.15) is 11.1 Å². The van der Waals surface area contributed by atoms with Crippen LogP contribution < -0.4 is 5.11 Å². The molecule has 0 N–H and O–H groups in total. The van der Waals surface area contributed by atoms with Crippen molar-refractivity contribution in [1.82, 2.24) is 4.98 Å². The number of hydrogen-bond donors (Lipinski definition) is 0. The summed E-state index contributed by atoms with van der Waals surface area (Å²) in [5.41, 5.74) is 0.0677. The van der Waals surface area contributed by atoms with Gasteiger partial charge in [-0.2, -0.15) is 18.4 Å². The minimum atomic E-state index is -4.62. The minimum absolute atomic E-state index is 0.0232. The zero-order chi connectivity index (χ0) is 21.0. The summed E-state index contributed by atoms with van der Waals surface area (Å²) in [6, 6.07) is 7.63. The number of nitriles is 1. The molecule has 1 aliphatic rings. The summed E-state index contributed by atoms with van der Waals surface area (Å²) in [6.07, 6.45) is -0.618. The van der Waals surface area contributed by atoms with Gasteiger partial charge >= 0.3 is 6.18 Å². The largest absolute Gasteiger partial charge is 0.545 e. The fraction of sp³-hybridized carbons (Fsp3) is 0.381. The van der Waals surface area contributed by atoms with E-state index in [-0.39, 0.29) is 28.3 Å². The van der Waals surface area contributed by atoms with E-state index in [0.29, 0.717) is 24.1 Å². The van der Waals surface area contributed by atoms with Crippen LogP contribution >= 0.6 is 11.8 Å². The molecule has 0 aliphatic heterocycles. The highest BCUT2D eigenvalue weighted by Gasteiger charge is 2.39. The Bertz CT molecular complexity index is 950. The van der Waals surface area contributed by atoms with Gasteiger partial charge in [-0.25, -0.2) is 4.98 Å². The molecule has 4 nitrogen and oxygen atoms in total. The molecule has 0 spiro atoms. The number of hydrogen-bond acceptors (Lipinski definition) is 5. The molecule has 29 heavy (non-hydrogen) atoms. The maximum atomic E-state index is 13.9. The van der Waals surface area contributed by atoms with Gasteiger partial charge in [0.05, 0.1) is 17.1 Å². The Morgan fingerprint density at radius 1 is 1.14 bits per heavy atom. The molecule has 3 rings (SSSR count). The number of benzene rings is 1. The van der Waals surface area contributed by atoms with E-state index in [1.54, 1.807) is 18.2 Å². The highest BCUT2D eigenvalue weighted by molar-refractivity contribution is 7.98. The molecular formula is C21H18F3N2O2S-. The highest BCUT2D eigenvalue weighted by Crippen LogP contribution is 2.41. The second kappa shape index (κ2) is 8.87. The average molecular weight is 419 g/mol.